The molecular formula is C18H20N2O. The first-order chi connectivity index (χ1) is 10.3. The molecule has 1 fully saturated rings. The fourth-order valence-corrected chi connectivity index (χ4v) is 2.51. The summed E-state index contributed by atoms with van der Waals surface area (Å²) in [6.45, 7) is 3.33. The molecule has 21 heavy (non-hydrogen) atoms. The minimum atomic E-state index is 0.443. The molecule has 1 heterocycles. The fraction of sp³-hybridized carbons (Fsp3) is 0.278. The lowest BCUT2D eigenvalue weighted by Gasteiger charge is -2.13. The fourth-order valence-electron chi connectivity index (χ4n) is 2.51. The van der Waals surface area contributed by atoms with Crippen LogP contribution in [0.15, 0.2) is 59.6 Å². The summed E-state index contributed by atoms with van der Waals surface area (Å²) in [6, 6.07) is 19.3. The van der Waals surface area contributed by atoms with Crippen molar-refractivity contribution >= 4 is 11.9 Å². The SMILES string of the molecule is COc1ccc(N=C[C@H]2CN2[C@H](C)c2ccccc2)cc1. The van der Waals surface area contributed by atoms with Crippen LogP contribution in [-0.2, 0) is 0 Å². The third-order valence-corrected chi connectivity index (χ3v) is 3.94. The smallest absolute Gasteiger partial charge is 0.119 e. The Morgan fingerprint density at radius 2 is 1.86 bits per heavy atom. The standard InChI is InChI=1S/C18H20N2O/c1-14(15-6-4-3-5-7-15)20-13-17(20)12-19-16-8-10-18(21-2)11-9-16/h3-12,14,17H,13H2,1-2H3/t14-,17+,20?/m1/s1. The van der Waals surface area contributed by atoms with Gasteiger partial charge >= 0.3 is 0 Å². The van der Waals surface area contributed by atoms with Gasteiger partial charge in [0.25, 0.3) is 0 Å². The molecule has 1 unspecified atom stereocenters. The van der Waals surface area contributed by atoms with Crippen LogP contribution in [0.5, 0.6) is 5.75 Å². The zero-order chi connectivity index (χ0) is 14.7. The molecule has 0 amide bonds. The molecule has 3 nitrogen and oxygen atoms in total. The Balaban J connectivity index is 1.59. The molecule has 1 aliphatic rings. The average molecular weight is 280 g/mol. The van der Waals surface area contributed by atoms with Crippen LogP contribution in [0.2, 0.25) is 0 Å². The Kier molecular flexibility index (Phi) is 4.02. The number of ether oxygens (including phenoxy) is 1. The lowest BCUT2D eigenvalue weighted by atomic mass is 10.1. The average Bonchev–Trinajstić information content (AvgIpc) is 3.33. The van der Waals surface area contributed by atoms with Crippen molar-refractivity contribution in [2.45, 2.75) is 19.0 Å². The van der Waals surface area contributed by atoms with Gasteiger partial charge in [-0.2, -0.15) is 0 Å². The minimum absolute atomic E-state index is 0.443. The molecule has 108 valence electrons. The van der Waals surface area contributed by atoms with Gasteiger partial charge in [-0.3, -0.25) is 9.89 Å². The maximum atomic E-state index is 5.14. The number of hydrogen-bond donors (Lipinski definition) is 0. The minimum Gasteiger partial charge on any atom is -0.497 e. The summed E-state index contributed by atoms with van der Waals surface area (Å²) in [4.78, 5) is 6.98. The van der Waals surface area contributed by atoms with E-state index < -0.39 is 0 Å². The molecule has 1 saturated heterocycles. The summed E-state index contributed by atoms with van der Waals surface area (Å²) in [6.07, 6.45) is 2.04. The van der Waals surface area contributed by atoms with Crippen molar-refractivity contribution in [2.75, 3.05) is 13.7 Å². The molecule has 0 saturated carbocycles. The van der Waals surface area contributed by atoms with Crippen molar-refractivity contribution in [1.82, 2.24) is 4.90 Å². The van der Waals surface area contributed by atoms with Crippen LogP contribution in [0.25, 0.3) is 0 Å². The molecule has 0 aliphatic carbocycles. The lowest BCUT2D eigenvalue weighted by molar-refractivity contribution is 0.415. The number of benzene rings is 2. The van der Waals surface area contributed by atoms with Gasteiger partial charge in [0.1, 0.15) is 5.75 Å². The molecule has 3 heteroatoms. The predicted octanol–water partition coefficient (Wildman–Crippen LogP) is 3.84. The Bertz CT molecular complexity index is 607. The number of methoxy groups -OCH3 is 1. The maximum Gasteiger partial charge on any atom is 0.119 e. The van der Waals surface area contributed by atoms with Crippen LogP contribution in [0, 0.1) is 0 Å². The van der Waals surface area contributed by atoms with E-state index in [1.807, 2.05) is 30.5 Å². The van der Waals surface area contributed by atoms with Crippen molar-refractivity contribution < 1.29 is 4.74 Å². The third kappa shape index (κ3) is 3.31. The Labute approximate surface area is 125 Å². The van der Waals surface area contributed by atoms with Gasteiger partial charge in [0.05, 0.1) is 18.8 Å². The molecule has 2 aromatic rings. The van der Waals surface area contributed by atoms with E-state index in [0.29, 0.717) is 12.1 Å². The van der Waals surface area contributed by atoms with Crippen LogP contribution in [0.4, 0.5) is 5.69 Å². The van der Waals surface area contributed by atoms with E-state index in [1.165, 1.54) is 5.56 Å². The molecule has 3 rings (SSSR count). The molecule has 0 spiro atoms. The van der Waals surface area contributed by atoms with Crippen LogP contribution in [0.3, 0.4) is 0 Å². The van der Waals surface area contributed by atoms with Crippen molar-refractivity contribution in [3.05, 3.63) is 60.2 Å². The van der Waals surface area contributed by atoms with Gasteiger partial charge in [0.15, 0.2) is 0 Å². The Morgan fingerprint density at radius 3 is 2.52 bits per heavy atom. The summed E-state index contributed by atoms with van der Waals surface area (Å²) in [7, 11) is 1.67. The van der Waals surface area contributed by atoms with Gasteiger partial charge in [-0.25, -0.2) is 0 Å². The van der Waals surface area contributed by atoms with Crippen LogP contribution in [0.1, 0.15) is 18.5 Å². The highest BCUT2D eigenvalue weighted by molar-refractivity contribution is 5.72. The lowest BCUT2D eigenvalue weighted by Crippen LogP contribution is -2.09. The van der Waals surface area contributed by atoms with E-state index in [4.69, 9.17) is 4.74 Å². The van der Waals surface area contributed by atoms with E-state index in [0.717, 1.165) is 18.0 Å². The van der Waals surface area contributed by atoms with Crippen molar-refractivity contribution in [1.29, 1.82) is 0 Å². The zero-order valence-electron chi connectivity index (χ0n) is 12.4. The zero-order valence-corrected chi connectivity index (χ0v) is 12.4. The molecule has 0 aromatic heterocycles. The highest BCUT2D eigenvalue weighted by atomic mass is 16.5. The second-order valence-electron chi connectivity index (χ2n) is 5.33. The molecule has 0 bridgehead atoms. The topological polar surface area (TPSA) is 24.6 Å². The summed E-state index contributed by atoms with van der Waals surface area (Å²) in [5.74, 6) is 0.861. The van der Waals surface area contributed by atoms with Crippen LogP contribution < -0.4 is 4.74 Å². The van der Waals surface area contributed by atoms with E-state index >= 15 is 0 Å². The van der Waals surface area contributed by atoms with Crippen molar-refractivity contribution in [2.24, 2.45) is 4.99 Å². The first-order valence-electron chi connectivity index (χ1n) is 7.27. The first kappa shape index (κ1) is 13.8. The molecule has 0 radical (unpaired) electrons. The van der Waals surface area contributed by atoms with E-state index in [1.54, 1.807) is 7.11 Å². The summed E-state index contributed by atoms with van der Waals surface area (Å²) in [5.41, 5.74) is 2.33. The van der Waals surface area contributed by atoms with Gasteiger partial charge in [-0.15, -0.1) is 0 Å². The summed E-state index contributed by atoms with van der Waals surface area (Å²) in [5, 5.41) is 0. The first-order valence-corrected chi connectivity index (χ1v) is 7.27. The van der Waals surface area contributed by atoms with Gasteiger partial charge in [0, 0.05) is 18.8 Å². The number of aliphatic imine (C=N–C) groups is 1. The largest absolute Gasteiger partial charge is 0.497 e. The number of nitrogens with zero attached hydrogens (tertiary/aromatic N) is 2. The molecule has 1 aliphatic heterocycles. The van der Waals surface area contributed by atoms with E-state index in [-0.39, 0.29) is 0 Å². The normalized spacial score (nSPS) is 22.2. The number of rotatable bonds is 5. The van der Waals surface area contributed by atoms with Gasteiger partial charge in [-0.1, -0.05) is 30.3 Å². The second kappa shape index (κ2) is 6.10. The summed E-state index contributed by atoms with van der Waals surface area (Å²) < 4.78 is 5.14. The van der Waals surface area contributed by atoms with Gasteiger partial charge < -0.3 is 4.74 Å². The summed E-state index contributed by atoms with van der Waals surface area (Å²) >= 11 is 0. The van der Waals surface area contributed by atoms with Gasteiger partial charge in [-0.05, 0) is 36.8 Å². The van der Waals surface area contributed by atoms with E-state index in [2.05, 4.69) is 47.1 Å². The molecule has 2 aromatic carbocycles. The highest BCUT2D eigenvalue weighted by Gasteiger charge is 2.36. The predicted molar refractivity (Wildman–Crippen MR) is 86.5 cm³/mol. The van der Waals surface area contributed by atoms with Crippen molar-refractivity contribution in [3.8, 4) is 5.75 Å². The molecule has 3 atom stereocenters. The monoisotopic (exact) mass is 280 g/mol. The third-order valence-electron chi connectivity index (χ3n) is 3.94. The molecule has 0 N–H and O–H groups in total. The maximum absolute atomic E-state index is 5.14. The highest BCUT2D eigenvalue weighted by Crippen LogP contribution is 2.31. The Morgan fingerprint density at radius 1 is 1.14 bits per heavy atom. The second-order valence-corrected chi connectivity index (χ2v) is 5.33. The number of hydrogen-bond acceptors (Lipinski definition) is 3. The quantitative estimate of drug-likeness (QED) is 0.614. The van der Waals surface area contributed by atoms with Gasteiger partial charge in [0.2, 0.25) is 0 Å². The van der Waals surface area contributed by atoms with Crippen molar-refractivity contribution in [3.63, 3.8) is 0 Å². The molecular weight excluding hydrogens is 260 g/mol. The Hall–Kier alpha value is -2.13. The van der Waals surface area contributed by atoms with Crippen LogP contribution in [-0.4, -0.2) is 30.8 Å². The van der Waals surface area contributed by atoms with Crippen LogP contribution >= 0.6 is 0 Å². The van der Waals surface area contributed by atoms with E-state index in [9.17, 15) is 0 Å².